The molecule has 1 N–H and O–H groups in total. The minimum atomic E-state index is -3.65. The third-order valence-corrected chi connectivity index (χ3v) is 6.27. The number of nitrogens with one attached hydrogen (secondary N) is 1. The molecule has 0 spiro atoms. The van der Waals surface area contributed by atoms with Crippen LogP contribution in [-0.4, -0.2) is 30.2 Å². The van der Waals surface area contributed by atoms with Crippen molar-refractivity contribution in [3.05, 3.63) is 108 Å². The molecule has 0 bridgehead atoms. The van der Waals surface area contributed by atoms with Crippen LogP contribution in [0.2, 0.25) is 0 Å². The summed E-state index contributed by atoms with van der Waals surface area (Å²) in [7, 11) is -3.65. The highest BCUT2D eigenvalue weighted by atomic mass is 32.2. The van der Waals surface area contributed by atoms with Crippen LogP contribution >= 0.6 is 0 Å². The number of carbonyl (C=O) groups is 1. The van der Waals surface area contributed by atoms with Gasteiger partial charge in [-0.25, -0.2) is 8.42 Å². The molecule has 0 aliphatic carbocycles. The number of amides is 1. The van der Waals surface area contributed by atoms with Crippen LogP contribution in [0.15, 0.2) is 96.5 Å². The topological polar surface area (TPSA) is 79.4 Å². The van der Waals surface area contributed by atoms with Crippen molar-refractivity contribution in [2.45, 2.75) is 18.0 Å². The number of hydrogen-bond donors (Lipinski definition) is 1. The molecule has 3 aromatic rings. The molecule has 0 atom stereocenters. The molecule has 0 fully saturated rings. The Morgan fingerprint density at radius 3 is 2.33 bits per heavy atom. The van der Waals surface area contributed by atoms with Gasteiger partial charge in [-0.15, -0.1) is 6.58 Å². The molecule has 1 amide bonds. The molecule has 0 unspecified atom stereocenters. The van der Waals surface area contributed by atoms with Gasteiger partial charge in [0, 0.05) is 24.8 Å². The maximum absolute atomic E-state index is 12.9. The maximum atomic E-state index is 12.9. The molecule has 0 aliphatic rings. The highest BCUT2D eigenvalue weighted by Crippen LogP contribution is 2.18. The molecule has 154 valence electrons. The summed E-state index contributed by atoms with van der Waals surface area (Å²) in [6, 6.07) is 20.7. The first kappa shape index (κ1) is 21.4. The standard InChI is InChI=1S/C23H23N3O3S/c1-2-16-26(30(28,29)22-9-4-3-5-10-22)18-19-11-13-20(14-12-19)23(27)25-17-21-8-6-7-15-24-21/h2-15H,1,16-18H2,(H,25,27). The number of carbonyl (C=O) groups excluding carboxylic acids is 1. The zero-order valence-electron chi connectivity index (χ0n) is 16.4. The quantitative estimate of drug-likeness (QED) is 0.537. The van der Waals surface area contributed by atoms with E-state index in [1.54, 1.807) is 66.9 Å². The molecule has 1 heterocycles. The van der Waals surface area contributed by atoms with E-state index in [9.17, 15) is 13.2 Å². The molecular formula is C23H23N3O3S. The van der Waals surface area contributed by atoms with Gasteiger partial charge >= 0.3 is 0 Å². The van der Waals surface area contributed by atoms with Crippen molar-refractivity contribution in [1.82, 2.24) is 14.6 Å². The summed E-state index contributed by atoms with van der Waals surface area (Å²) < 4.78 is 27.2. The fourth-order valence-corrected chi connectivity index (χ4v) is 4.29. The molecule has 30 heavy (non-hydrogen) atoms. The zero-order chi connectivity index (χ0) is 21.4. The van der Waals surface area contributed by atoms with Gasteiger partial charge in [0.1, 0.15) is 0 Å². The summed E-state index contributed by atoms with van der Waals surface area (Å²) in [4.78, 5) is 16.7. The maximum Gasteiger partial charge on any atom is 0.251 e. The number of rotatable bonds is 9. The first-order valence-electron chi connectivity index (χ1n) is 9.44. The Hall–Kier alpha value is -3.29. The van der Waals surface area contributed by atoms with Crippen LogP contribution in [0.4, 0.5) is 0 Å². The van der Waals surface area contributed by atoms with E-state index in [2.05, 4.69) is 16.9 Å². The van der Waals surface area contributed by atoms with Crippen LogP contribution < -0.4 is 5.32 Å². The van der Waals surface area contributed by atoms with Gasteiger partial charge in [0.25, 0.3) is 5.91 Å². The SMILES string of the molecule is C=CCN(Cc1ccc(C(=O)NCc2ccccn2)cc1)S(=O)(=O)c1ccccc1. The van der Waals surface area contributed by atoms with Gasteiger partial charge in [-0.05, 0) is 42.0 Å². The van der Waals surface area contributed by atoms with Crippen LogP contribution in [0.25, 0.3) is 0 Å². The fourth-order valence-electron chi connectivity index (χ4n) is 2.87. The molecule has 7 heteroatoms. The molecule has 3 rings (SSSR count). The van der Waals surface area contributed by atoms with E-state index in [-0.39, 0.29) is 23.9 Å². The lowest BCUT2D eigenvalue weighted by molar-refractivity contribution is 0.0950. The van der Waals surface area contributed by atoms with Crippen LogP contribution in [0.3, 0.4) is 0 Å². The lowest BCUT2D eigenvalue weighted by atomic mass is 10.1. The van der Waals surface area contributed by atoms with Crippen molar-refractivity contribution in [2.24, 2.45) is 0 Å². The molecular weight excluding hydrogens is 398 g/mol. The van der Waals surface area contributed by atoms with Gasteiger partial charge in [-0.3, -0.25) is 9.78 Å². The predicted molar refractivity (Wildman–Crippen MR) is 116 cm³/mol. The normalized spacial score (nSPS) is 11.2. The largest absolute Gasteiger partial charge is 0.346 e. The number of pyridine rings is 1. The van der Waals surface area contributed by atoms with E-state index in [1.165, 1.54) is 4.31 Å². The Balaban J connectivity index is 1.68. The van der Waals surface area contributed by atoms with Gasteiger partial charge in [-0.2, -0.15) is 4.31 Å². The predicted octanol–water partition coefficient (Wildman–Crippen LogP) is 3.39. The monoisotopic (exact) mass is 421 g/mol. The Morgan fingerprint density at radius 1 is 1.00 bits per heavy atom. The second-order valence-corrected chi connectivity index (χ2v) is 8.54. The van der Waals surface area contributed by atoms with Crippen molar-refractivity contribution in [3.8, 4) is 0 Å². The lowest BCUT2D eigenvalue weighted by Gasteiger charge is -2.21. The zero-order valence-corrected chi connectivity index (χ0v) is 17.3. The summed E-state index contributed by atoms with van der Waals surface area (Å²) in [6.07, 6.45) is 3.23. The van der Waals surface area contributed by atoms with Crippen molar-refractivity contribution in [2.75, 3.05) is 6.54 Å². The van der Waals surface area contributed by atoms with Crippen LogP contribution in [0.5, 0.6) is 0 Å². The molecule has 1 aromatic heterocycles. The molecule has 0 saturated heterocycles. The van der Waals surface area contributed by atoms with E-state index >= 15 is 0 Å². The minimum absolute atomic E-state index is 0.180. The number of benzene rings is 2. The summed E-state index contributed by atoms with van der Waals surface area (Å²) in [5.41, 5.74) is 2.04. The fraction of sp³-hybridized carbons (Fsp3) is 0.130. The van der Waals surface area contributed by atoms with Crippen molar-refractivity contribution < 1.29 is 13.2 Å². The minimum Gasteiger partial charge on any atom is -0.346 e. The second kappa shape index (κ2) is 9.96. The lowest BCUT2D eigenvalue weighted by Crippen LogP contribution is -2.30. The molecule has 6 nitrogen and oxygen atoms in total. The highest BCUT2D eigenvalue weighted by molar-refractivity contribution is 7.89. The van der Waals surface area contributed by atoms with Gasteiger partial charge in [0.15, 0.2) is 0 Å². The number of sulfonamides is 1. The van der Waals surface area contributed by atoms with E-state index in [0.717, 1.165) is 11.3 Å². The van der Waals surface area contributed by atoms with Gasteiger partial charge < -0.3 is 5.32 Å². The van der Waals surface area contributed by atoms with E-state index in [1.807, 2.05) is 18.2 Å². The Labute approximate surface area is 176 Å². The van der Waals surface area contributed by atoms with Crippen molar-refractivity contribution in [3.63, 3.8) is 0 Å². The molecule has 0 aliphatic heterocycles. The van der Waals surface area contributed by atoms with Crippen molar-refractivity contribution >= 4 is 15.9 Å². The molecule has 0 radical (unpaired) electrons. The van der Waals surface area contributed by atoms with Crippen LogP contribution in [0.1, 0.15) is 21.6 Å². The Morgan fingerprint density at radius 2 is 1.70 bits per heavy atom. The summed E-state index contributed by atoms with van der Waals surface area (Å²) in [5.74, 6) is -0.216. The summed E-state index contributed by atoms with van der Waals surface area (Å²) in [6.45, 7) is 4.37. The Kier molecular flexibility index (Phi) is 7.11. The average Bonchev–Trinajstić information content (AvgIpc) is 2.79. The Bertz CT molecular complexity index is 1080. The van der Waals surface area contributed by atoms with Gasteiger partial charge in [0.2, 0.25) is 10.0 Å². The van der Waals surface area contributed by atoms with E-state index in [0.29, 0.717) is 12.1 Å². The van der Waals surface area contributed by atoms with E-state index < -0.39 is 10.0 Å². The van der Waals surface area contributed by atoms with Crippen molar-refractivity contribution in [1.29, 1.82) is 0 Å². The number of nitrogens with zero attached hydrogens (tertiary/aromatic N) is 2. The first-order chi connectivity index (χ1) is 14.5. The van der Waals surface area contributed by atoms with Gasteiger partial charge in [-0.1, -0.05) is 42.5 Å². The van der Waals surface area contributed by atoms with Crippen LogP contribution in [0, 0.1) is 0 Å². The average molecular weight is 422 g/mol. The summed E-state index contributed by atoms with van der Waals surface area (Å²) >= 11 is 0. The smallest absolute Gasteiger partial charge is 0.251 e. The van der Waals surface area contributed by atoms with E-state index in [4.69, 9.17) is 0 Å². The molecule has 0 saturated carbocycles. The number of aromatic nitrogens is 1. The van der Waals surface area contributed by atoms with Gasteiger partial charge in [0.05, 0.1) is 17.1 Å². The third kappa shape index (κ3) is 5.40. The number of hydrogen-bond acceptors (Lipinski definition) is 4. The highest BCUT2D eigenvalue weighted by Gasteiger charge is 2.23. The summed E-state index contributed by atoms with van der Waals surface area (Å²) in [5, 5.41) is 2.82. The van der Waals surface area contributed by atoms with Crippen LogP contribution in [-0.2, 0) is 23.1 Å². The second-order valence-electron chi connectivity index (χ2n) is 6.60. The molecule has 2 aromatic carbocycles. The first-order valence-corrected chi connectivity index (χ1v) is 10.9. The third-order valence-electron chi connectivity index (χ3n) is 4.44.